The molecule has 0 unspecified atom stereocenters. The second-order valence-corrected chi connectivity index (χ2v) is 6.05. The topological polar surface area (TPSA) is 0 Å². The number of hydrogen-bond acceptors (Lipinski definition) is 0. The van der Waals surface area contributed by atoms with Gasteiger partial charge in [0.25, 0.3) is 0 Å². The van der Waals surface area contributed by atoms with Gasteiger partial charge in [0.2, 0.25) is 0 Å². The summed E-state index contributed by atoms with van der Waals surface area (Å²) >= 11 is 2.74. The van der Waals surface area contributed by atoms with E-state index >= 15 is 0 Å². The molecule has 1 aromatic rings. The Morgan fingerprint density at radius 2 is 1.50 bits per heavy atom. The van der Waals surface area contributed by atoms with E-state index in [9.17, 15) is 0 Å². The van der Waals surface area contributed by atoms with Crippen molar-refractivity contribution in [2.45, 2.75) is 47.0 Å². The van der Waals surface area contributed by atoms with E-state index in [2.05, 4.69) is 63.6 Å². The molecule has 0 heterocycles. The van der Waals surface area contributed by atoms with Crippen LogP contribution in [0.3, 0.4) is 0 Å². The van der Waals surface area contributed by atoms with Crippen LogP contribution in [0.5, 0.6) is 0 Å². The average molecular weight is 255 g/mol. The van der Waals surface area contributed by atoms with Crippen molar-refractivity contribution in [2.75, 3.05) is 0 Å². The van der Waals surface area contributed by atoms with Gasteiger partial charge in [0.1, 0.15) is 0 Å². The Bertz CT molecular complexity index is 356. The number of aryl methyl sites for hydroxylation is 2. The summed E-state index contributed by atoms with van der Waals surface area (Å²) in [4.78, 5) is 0. The molecule has 0 N–H and O–H groups in total. The van der Waals surface area contributed by atoms with Gasteiger partial charge in [0, 0.05) is 0 Å². The van der Waals surface area contributed by atoms with E-state index in [0.717, 1.165) is 0 Å². The van der Waals surface area contributed by atoms with Crippen LogP contribution in [-0.2, 0) is 5.41 Å². The summed E-state index contributed by atoms with van der Waals surface area (Å²) in [5.41, 5.74) is 5.95. The molecule has 1 rings (SSSR count). The molecule has 0 radical (unpaired) electrons. The first-order valence-electron chi connectivity index (χ1n) is 5.05. The molecule has 0 spiro atoms. The Balaban J connectivity index is 3.53. The van der Waals surface area contributed by atoms with Gasteiger partial charge in [0.15, 0.2) is 0 Å². The Hall–Kier alpha value is -0.261. The number of benzene rings is 1. The summed E-state index contributed by atoms with van der Waals surface area (Å²) in [5.74, 6) is 0. The molecule has 78 valence electrons. The quantitative estimate of drug-likeness (QED) is 0.625. The maximum atomic E-state index is 2.74. The summed E-state index contributed by atoms with van der Waals surface area (Å²) in [6.45, 7) is 13.4. The summed E-state index contributed by atoms with van der Waals surface area (Å²) in [6, 6.07) is 2.30. The third-order valence-electron chi connectivity index (χ3n) is 2.76. The van der Waals surface area contributed by atoms with Crippen molar-refractivity contribution in [1.29, 1.82) is 0 Å². The molecule has 0 nitrogen and oxygen atoms in total. The standard InChI is InChI=1S/C13H20Se/c1-8-7-9(2)11(13(4,5)6)12(14)10(8)3/h7,14H,1-6H3. The average Bonchev–Trinajstić information content (AvgIpc) is 1.97. The molecular formula is C13H20Se. The molecule has 14 heavy (non-hydrogen) atoms. The third-order valence-corrected chi connectivity index (χ3v) is 3.93. The summed E-state index contributed by atoms with van der Waals surface area (Å²) in [6.07, 6.45) is 0. The van der Waals surface area contributed by atoms with Crippen LogP contribution in [0.1, 0.15) is 43.0 Å². The molecule has 0 aliphatic rings. The van der Waals surface area contributed by atoms with E-state index < -0.39 is 0 Å². The van der Waals surface area contributed by atoms with Crippen molar-refractivity contribution in [3.63, 3.8) is 0 Å². The van der Waals surface area contributed by atoms with Gasteiger partial charge in [-0.25, -0.2) is 0 Å². The predicted octanol–water partition coefficient (Wildman–Crippen LogP) is 2.44. The zero-order chi connectivity index (χ0) is 11.1. The Labute approximate surface area is 95.9 Å². The number of hydrogen-bond donors (Lipinski definition) is 0. The van der Waals surface area contributed by atoms with E-state index in [1.807, 2.05) is 0 Å². The van der Waals surface area contributed by atoms with Gasteiger partial charge >= 0.3 is 95.8 Å². The zero-order valence-corrected chi connectivity index (χ0v) is 11.9. The van der Waals surface area contributed by atoms with Gasteiger partial charge in [-0.05, 0) is 0 Å². The summed E-state index contributed by atoms with van der Waals surface area (Å²) in [5, 5.41) is 0. The predicted molar refractivity (Wildman–Crippen MR) is 66.1 cm³/mol. The van der Waals surface area contributed by atoms with E-state index in [1.165, 1.54) is 26.7 Å². The summed E-state index contributed by atoms with van der Waals surface area (Å²) in [7, 11) is 0. The Kier molecular flexibility index (Phi) is 3.13. The molecule has 0 amide bonds. The van der Waals surface area contributed by atoms with E-state index in [-0.39, 0.29) is 5.41 Å². The minimum atomic E-state index is 0.241. The van der Waals surface area contributed by atoms with Gasteiger partial charge in [-0.15, -0.1) is 0 Å². The minimum absolute atomic E-state index is 0.241. The first-order valence-corrected chi connectivity index (χ1v) is 5.99. The van der Waals surface area contributed by atoms with Crippen molar-refractivity contribution in [3.05, 3.63) is 28.3 Å². The molecule has 0 saturated heterocycles. The van der Waals surface area contributed by atoms with Crippen LogP contribution in [0, 0.1) is 20.8 Å². The van der Waals surface area contributed by atoms with Gasteiger partial charge in [-0.2, -0.15) is 0 Å². The molecule has 1 heteroatoms. The monoisotopic (exact) mass is 256 g/mol. The third kappa shape index (κ3) is 2.04. The van der Waals surface area contributed by atoms with Gasteiger partial charge in [-0.1, -0.05) is 0 Å². The summed E-state index contributed by atoms with van der Waals surface area (Å²) < 4.78 is 1.41. The van der Waals surface area contributed by atoms with Crippen molar-refractivity contribution in [3.8, 4) is 0 Å². The molecular weight excluding hydrogens is 235 g/mol. The maximum absolute atomic E-state index is 2.74. The fourth-order valence-corrected chi connectivity index (χ4v) is 3.46. The van der Waals surface area contributed by atoms with Crippen LogP contribution in [0.15, 0.2) is 6.07 Å². The van der Waals surface area contributed by atoms with Gasteiger partial charge in [0.05, 0.1) is 0 Å². The molecule has 0 fully saturated rings. The van der Waals surface area contributed by atoms with Crippen LogP contribution < -0.4 is 4.46 Å². The Morgan fingerprint density at radius 1 is 1.00 bits per heavy atom. The van der Waals surface area contributed by atoms with E-state index in [1.54, 1.807) is 0 Å². The van der Waals surface area contributed by atoms with E-state index in [0.29, 0.717) is 0 Å². The first kappa shape index (κ1) is 11.8. The molecule has 1 aromatic carbocycles. The van der Waals surface area contributed by atoms with Crippen LogP contribution in [0.4, 0.5) is 0 Å². The SMILES string of the molecule is Cc1cc(C)c(C(C)(C)C)c([SeH])c1C. The normalized spacial score (nSPS) is 11.9. The number of rotatable bonds is 0. The molecule has 0 atom stereocenters. The van der Waals surface area contributed by atoms with Crippen LogP contribution >= 0.6 is 0 Å². The molecule has 0 aliphatic carbocycles. The van der Waals surface area contributed by atoms with Gasteiger partial charge in [-0.3, -0.25) is 0 Å². The molecule has 0 aliphatic heterocycles. The zero-order valence-electron chi connectivity index (χ0n) is 10.0. The molecule has 0 aromatic heterocycles. The van der Waals surface area contributed by atoms with Crippen LogP contribution in [0.2, 0.25) is 0 Å². The van der Waals surface area contributed by atoms with Crippen molar-refractivity contribution in [2.24, 2.45) is 0 Å². The van der Waals surface area contributed by atoms with Crippen molar-refractivity contribution in [1.82, 2.24) is 0 Å². The molecule has 0 bridgehead atoms. The van der Waals surface area contributed by atoms with Gasteiger partial charge < -0.3 is 0 Å². The van der Waals surface area contributed by atoms with Crippen LogP contribution in [-0.4, -0.2) is 16.0 Å². The fraction of sp³-hybridized carbons (Fsp3) is 0.538. The second kappa shape index (κ2) is 3.71. The second-order valence-electron chi connectivity index (χ2n) is 5.11. The van der Waals surface area contributed by atoms with Crippen molar-refractivity contribution < 1.29 is 0 Å². The molecule has 0 saturated carbocycles. The first-order chi connectivity index (χ1) is 6.25. The van der Waals surface area contributed by atoms with E-state index in [4.69, 9.17) is 0 Å². The van der Waals surface area contributed by atoms with Crippen molar-refractivity contribution >= 4 is 20.5 Å². The van der Waals surface area contributed by atoms with Crippen LogP contribution in [0.25, 0.3) is 0 Å². The fourth-order valence-electron chi connectivity index (χ4n) is 2.01. The Morgan fingerprint density at radius 3 is 1.93 bits per heavy atom.